The van der Waals surface area contributed by atoms with E-state index in [1.807, 2.05) is 25.1 Å². The quantitative estimate of drug-likeness (QED) is 0.335. The summed E-state index contributed by atoms with van der Waals surface area (Å²) in [6.07, 6.45) is 9.69. The average Bonchev–Trinajstić information content (AvgIpc) is 2.84. The summed E-state index contributed by atoms with van der Waals surface area (Å²) in [4.78, 5) is 27.0. The second-order valence-corrected chi connectivity index (χ2v) is 10.2. The van der Waals surface area contributed by atoms with E-state index in [0.29, 0.717) is 19.0 Å². The predicted molar refractivity (Wildman–Crippen MR) is 139 cm³/mol. The Kier molecular flexibility index (Phi) is 8.05. The van der Waals surface area contributed by atoms with Gasteiger partial charge in [0.2, 0.25) is 5.82 Å². The minimum absolute atomic E-state index is 0.0207. The highest BCUT2D eigenvalue weighted by atomic mass is 16.5. The first-order chi connectivity index (χ1) is 16.9. The fraction of sp³-hybridized carbons (Fsp3) is 0.615. The number of nitrogens with zero attached hydrogens (tertiary/aromatic N) is 3. The lowest BCUT2D eigenvalue weighted by Gasteiger charge is -2.36. The first-order valence-corrected chi connectivity index (χ1v) is 12.8. The van der Waals surface area contributed by atoms with Crippen molar-refractivity contribution in [3.8, 4) is 0 Å². The number of ether oxygens (including phenoxy) is 1. The van der Waals surface area contributed by atoms with Gasteiger partial charge in [0.1, 0.15) is 5.82 Å². The van der Waals surface area contributed by atoms with Crippen molar-refractivity contribution in [1.82, 2.24) is 15.3 Å². The molecule has 0 unspecified atom stereocenters. The van der Waals surface area contributed by atoms with Crippen molar-refractivity contribution >= 4 is 28.6 Å². The van der Waals surface area contributed by atoms with Gasteiger partial charge in [-0.2, -0.15) is 0 Å². The van der Waals surface area contributed by atoms with E-state index < -0.39 is 0 Å². The number of aromatic nitrogens is 2. The molecule has 2 aliphatic carbocycles. The molecule has 2 fully saturated rings. The largest absolute Gasteiger partial charge is 0.384 e. The van der Waals surface area contributed by atoms with Gasteiger partial charge in [-0.3, -0.25) is 4.79 Å². The molecule has 0 spiro atoms. The Morgan fingerprint density at radius 1 is 1.14 bits per heavy atom. The van der Waals surface area contributed by atoms with Crippen LogP contribution in [0.15, 0.2) is 23.2 Å². The number of nitrogens with one attached hydrogen (secondary N) is 2. The van der Waals surface area contributed by atoms with Gasteiger partial charge in [0.05, 0.1) is 24.2 Å². The van der Waals surface area contributed by atoms with Crippen LogP contribution < -0.4 is 22.1 Å². The van der Waals surface area contributed by atoms with Crippen LogP contribution in [0.1, 0.15) is 74.0 Å². The first kappa shape index (κ1) is 25.2. The van der Waals surface area contributed by atoms with Crippen LogP contribution in [0.5, 0.6) is 0 Å². The molecule has 0 aliphatic heterocycles. The van der Waals surface area contributed by atoms with Gasteiger partial charge in [-0.1, -0.05) is 43.7 Å². The van der Waals surface area contributed by atoms with Crippen molar-refractivity contribution < 1.29 is 9.53 Å². The number of carbonyl (C=O) groups is 1. The summed E-state index contributed by atoms with van der Waals surface area (Å²) >= 11 is 0. The summed E-state index contributed by atoms with van der Waals surface area (Å²) in [5.41, 5.74) is 13.2. The molecule has 2 aliphatic rings. The Hall–Kier alpha value is -2.94. The second kappa shape index (κ2) is 11.2. The standard InChI is InChI=1S/C26H39N7O2/c1-17-10-11-19-18(14-17)22(31-20-8-4-5-9-21(20)32-25(27)28)33-23(30-19)24(34)29-15-26(16-35-2)12-6-3-7-13-26/h10-11,14,20-21H,3-9,12-13,15-16H2,1-2H3,(H,29,34)(H4,27,28,32)(H,30,31,33)/t20-,21+/m0/s1. The molecule has 0 radical (unpaired) electrons. The first-order valence-electron chi connectivity index (χ1n) is 12.8. The Labute approximate surface area is 207 Å². The Balaban J connectivity index is 1.60. The van der Waals surface area contributed by atoms with E-state index >= 15 is 0 Å². The summed E-state index contributed by atoms with van der Waals surface area (Å²) < 4.78 is 5.51. The SMILES string of the molecule is COCC1(CNC(=O)c2nc(N[C@H]3CCCC[C@H]3N=C(N)N)c3cc(C)ccc3n2)CCCCC1. The maximum Gasteiger partial charge on any atom is 0.289 e. The van der Waals surface area contributed by atoms with Crippen molar-refractivity contribution in [1.29, 1.82) is 0 Å². The molecular weight excluding hydrogens is 442 g/mol. The van der Waals surface area contributed by atoms with E-state index in [2.05, 4.69) is 20.6 Å². The zero-order valence-electron chi connectivity index (χ0n) is 21.0. The molecule has 190 valence electrons. The third kappa shape index (κ3) is 6.20. The molecule has 1 amide bonds. The van der Waals surface area contributed by atoms with Crippen molar-refractivity contribution in [2.75, 3.05) is 25.6 Å². The molecule has 1 heterocycles. The monoisotopic (exact) mass is 481 g/mol. The number of benzene rings is 1. The topological polar surface area (TPSA) is 141 Å². The summed E-state index contributed by atoms with van der Waals surface area (Å²) in [5.74, 6) is 0.651. The van der Waals surface area contributed by atoms with Crippen LogP contribution in [0.4, 0.5) is 5.82 Å². The van der Waals surface area contributed by atoms with Crippen LogP contribution in [-0.2, 0) is 4.74 Å². The molecule has 9 nitrogen and oxygen atoms in total. The highest BCUT2D eigenvalue weighted by Crippen LogP contribution is 2.36. The van der Waals surface area contributed by atoms with Gasteiger partial charge < -0.3 is 26.8 Å². The number of aryl methyl sites for hydroxylation is 1. The van der Waals surface area contributed by atoms with Gasteiger partial charge in [-0.05, 0) is 44.7 Å². The molecule has 0 saturated heterocycles. The zero-order valence-corrected chi connectivity index (χ0v) is 21.0. The second-order valence-electron chi connectivity index (χ2n) is 10.2. The van der Waals surface area contributed by atoms with Gasteiger partial charge in [0.15, 0.2) is 5.96 Å². The van der Waals surface area contributed by atoms with E-state index in [4.69, 9.17) is 21.2 Å². The Bertz CT molecular complexity index is 1060. The summed E-state index contributed by atoms with van der Waals surface area (Å²) in [7, 11) is 1.73. The highest BCUT2D eigenvalue weighted by Gasteiger charge is 2.33. The number of hydrogen-bond donors (Lipinski definition) is 4. The summed E-state index contributed by atoms with van der Waals surface area (Å²) in [6, 6.07) is 6.00. The minimum Gasteiger partial charge on any atom is -0.384 e. The van der Waals surface area contributed by atoms with Gasteiger partial charge >= 0.3 is 0 Å². The highest BCUT2D eigenvalue weighted by molar-refractivity contribution is 5.96. The number of methoxy groups -OCH3 is 1. The van der Waals surface area contributed by atoms with Gasteiger partial charge in [0, 0.05) is 24.5 Å². The minimum atomic E-state index is -0.263. The molecule has 1 aromatic heterocycles. The van der Waals surface area contributed by atoms with Crippen molar-refractivity contribution in [3.63, 3.8) is 0 Å². The van der Waals surface area contributed by atoms with Crippen molar-refractivity contribution in [2.45, 2.75) is 76.8 Å². The van der Waals surface area contributed by atoms with Gasteiger partial charge in [0.25, 0.3) is 5.91 Å². The van der Waals surface area contributed by atoms with Crippen LogP contribution in [-0.4, -0.2) is 54.2 Å². The molecular formula is C26H39N7O2. The number of hydrogen-bond acceptors (Lipinski definition) is 6. The van der Waals surface area contributed by atoms with E-state index in [1.54, 1.807) is 7.11 Å². The molecule has 1 aromatic carbocycles. The maximum absolute atomic E-state index is 13.2. The predicted octanol–water partition coefficient (Wildman–Crippen LogP) is 3.26. The summed E-state index contributed by atoms with van der Waals surface area (Å²) in [5, 5.41) is 7.56. The molecule has 2 atom stereocenters. The zero-order chi connectivity index (χ0) is 24.8. The molecule has 2 saturated carbocycles. The van der Waals surface area contributed by atoms with Crippen molar-refractivity contribution in [3.05, 3.63) is 29.6 Å². The van der Waals surface area contributed by atoms with Crippen LogP contribution >= 0.6 is 0 Å². The van der Waals surface area contributed by atoms with E-state index in [1.165, 1.54) is 6.42 Å². The number of guanidine groups is 1. The smallest absolute Gasteiger partial charge is 0.289 e. The third-order valence-electron chi connectivity index (χ3n) is 7.41. The molecule has 35 heavy (non-hydrogen) atoms. The van der Waals surface area contributed by atoms with E-state index in [9.17, 15) is 4.79 Å². The van der Waals surface area contributed by atoms with Crippen LogP contribution in [0.25, 0.3) is 10.9 Å². The number of anilines is 1. The number of rotatable bonds is 8. The number of carbonyl (C=O) groups excluding carboxylic acids is 1. The average molecular weight is 482 g/mol. The van der Waals surface area contributed by atoms with Gasteiger partial charge in [-0.15, -0.1) is 0 Å². The fourth-order valence-electron chi connectivity index (χ4n) is 5.58. The lowest BCUT2D eigenvalue weighted by Crippen LogP contribution is -2.42. The molecule has 6 N–H and O–H groups in total. The van der Waals surface area contributed by atoms with Gasteiger partial charge in [-0.25, -0.2) is 15.0 Å². The molecule has 4 rings (SSSR count). The number of fused-ring (bicyclic) bond motifs is 1. The molecule has 0 bridgehead atoms. The summed E-state index contributed by atoms with van der Waals surface area (Å²) in [6.45, 7) is 3.24. The lowest BCUT2D eigenvalue weighted by atomic mass is 9.74. The van der Waals surface area contributed by atoms with Crippen LogP contribution in [0.3, 0.4) is 0 Å². The lowest BCUT2D eigenvalue weighted by molar-refractivity contribution is 0.0463. The normalized spacial score (nSPS) is 21.9. The maximum atomic E-state index is 13.2. The van der Waals surface area contributed by atoms with Crippen LogP contribution in [0.2, 0.25) is 0 Å². The number of nitrogens with two attached hydrogens (primary N) is 2. The molecule has 2 aromatic rings. The Morgan fingerprint density at radius 3 is 2.66 bits per heavy atom. The van der Waals surface area contributed by atoms with E-state index in [-0.39, 0.29) is 35.2 Å². The third-order valence-corrected chi connectivity index (χ3v) is 7.41. The van der Waals surface area contributed by atoms with Crippen LogP contribution in [0, 0.1) is 12.3 Å². The van der Waals surface area contributed by atoms with Crippen molar-refractivity contribution in [2.24, 2.45) is 21.9 Å². The van der Waals surface area contributed by atoms with E-state index in [0.717, 1.165) is 67.8 Å². The number of aliphatic imine (C=N–C) groups is 1. The fourth-order valence-corrected chi connectivity index (χ4v) is 5.58. The molecule has 9 heteroatoms. The Morgan fingerprint density at radius 2 is 1.91 bits per heavy atom. The number of amides is 1.